The van der Waals surface area contributed by atoms with Gasteiger partial charge in [-0.05, 0) is 24.1 Å². The highest BCUT2D eigenvalue weighted by Gasteiger charge is 2.27. The lowest BCUT2D eigenvalue weighted by atomic mass is 9.92. The number of ether oxygens (including phenoxy) is 1. The summed E-state index contributed by atoms with van der Waals surface area (Å²) in [5.41, 5.74) is 0.699. The van der Waals surface area contributed by atoms with Gasteiger partial charge in [-0.1, -0.05) is 48.7 Å². The van der Waals surface area contributed by atoms with Crippen molar-refractivity contribution in [2.45, 2.75) is 32.7 Å². The Bertz CT molecular complexity index is 500. The van der Waals surface area contributed by atoms with Gasteiger partial charge < -0.3 is 10.1 Å². The van der Waals surface area contributed by atoms with Crippen LogP contribution < -0.4 is 5.32 Å². The molecule has 1 aliphatic rings. The van der Waals surface area contributed by atoms with Crippen molar-refractivity contribution in [2.24, 2.45) is 5.92 Å². The van der Waals surface area contributed by atoms with Crippen LogP contribution in [0.1, 0.15) is 37.0 Å². The lowest BCUT2D eigenvalue weighted by molar-refractivity contribution is 0.00191. The van der Waals surface area contributed by atoms with Crippen LogP contribution in [0.2, 0.25) is 0 Å². The molecule has 1 aliphatic heterocycles. The van der Waals surface area contributed by atoms with E-state index in [9.17, 15) is 4.79 Å². The number of nitrogens with zero attached hydrogens (tertiary/aromatic N) is 1. The summed E-state index contributed by atoms with van der Waals surface area (Å²) in [5.74, 6) is 0.589. The Labute approximate surface area is 147 Å². The van der Waals surface area contributed by atoms with Crippen molar-refractivity contribution in [1.82, 2.24) is 10.2 Å². The van der Waals surface area contributed by atoms with E-state index in [1.54, 1.807) is 0 Å². The number of hydrogen-bond acceptors (Lipinski definition) is 3. The van der Waals surface area contributed by atoms with Crippen LogP contribution in [0.25, 0.3) is 0 Å². The Morgan fingerprint density at radius 1 is 1.30 bits per heavy atom. The Morgan fingerprint density at radius 2 is 2.00 bits per heavy atom. The molecule has 2 rings (SSSR count). The zero-order valence-corrected chi connectivity index (χ0v) is 15.6. The van der Waals surface area contributed by atoms with Gasteiger partial charge in [0.15, 0.2) is 0 Å². The molecular weight excluding hydrogens is 356 g/mol. The Balaban J connectivity index is 2.00. The van der Waals surface area contributed by atoms with Gasteiger partial charge in [-0.2, -0.15) is 0 Å². The first-order chi connectivity index (χ1) is 11.2. The molecule has 1 N–H and O–H groups in total. The molecule has 0 spiro atoms. The van der Waals surface area contributed by atoms with Gasteiger partial charge >= 0.3 is 0 Å². The van der Waals surface area contributed by atoms with E-state index >= 15 is 0 Å². The average molecular weight is 383 g/mol. The van der Waals surface area contributed by atoms with Crippen molar-refractivity contribution in [2.75, 3.05) is 32.8 Å². The molecule has 1 heterocycles. The van der Waals surface area contributed by atoms with Crippen molar-refractivity contribution in [3.63, 3.8) is 0 Å². The minimum Gasteiger partial charge on any atom is -0.379 e. The minimum atomic E-state index is -0.00415. The van der Waals surface area contributed by atoms with E-state index in [1.165, 1.54) is 0 Å². The molecule has 1 saturated heterocycles. The third kappa shape index (κ3) is 5.30. The van der Waals surface area contributed by atoms with Crippen molar-refractivity contribution in [3.8, 4) is 0 Å². The molecule has 23 heavy (non-hydrogen) atoms. The number of rotatable bonds is 7. The maximum Gasteiger partial charge on any atom is 0.251 e. The third-order valence-corrected chi connectivity index (χ3v) is 5.16. The highest BCUT2D eigenvalue weighted by atomic mass is 79.9. The maximum atomic E-state index is 12.4. The van der Waals surface area contributed by atoms with Crippen LogP contribution in [-0.2, 0) is 4.74 Å². The molecule has 4 nitrogen and oxygen atoms in total. The molecule has 1 amide bonds. The van der Waals surface area contributed by atoms with Gasteiger partial charge in [0.2, 0.25) is 0 Å². The topological polar surface area (TPSA) is 41.6 Å². The first-order valence-corrected chi connectivity index (χ1v) is 9.30. The number of carbonyl (C=O) groups excluding carboxylic acids is 1. The summed E-state index contributed by atoms with van der Waals surface area (Å²) < 4.78 is 6.40. The van der Waals surface area contributed by atoms with E-state index in [-0.39, 0.29) is 5.91 Å². The van der Waals surface area contributed by atoms with E-state index in [0.29, 0.717) is 24.1 Å². The van der Waals surface area contributed by atoms with Gasteiger partial charge in [0.05, 0.1) is 13.2 Å². The van der Waals surface area contributed by atoms with E-state index < -0.39 is 0 Å². The second-order valence-corrected chi connectivity index (χ2v) is 6.93. The highest BCUT2D eigenvalue weighted by Crippen LogP contribution is 2.20. The van der Waals surface area contributed by atoms with E-state index in [4.69, 9.17) is 4.74 Å². The number of halogens is 1. The fourth-order valence-corrected chi connectivity index (χ4v) is 3.66. The standard InChI is InChI=1S/C18H27BrN2O2/c1-3-14(4-2)17(21-8-10-23-11-9-21)13-20-18(22)15-6-5-7-16(19)12-15/h5-7,12,14,17H,3-4,8-11,13H2,1-2H3,(H,20,22). The molecule has 1 aromatic carbocycles. The smallest absolute Gasteiger partial charge is 0.251 e. The van der Waals surface area contributed by atoms with Crippen molar-refractivity contribution in [3.05, 3.63) is 34.3 Å². The molecule has 1 aromatic rings. The fourth-order valence-electron chi connectivity index (χ4n) is 3.26. The van der Waals surface area contributed by atoms with Crippen LogP contribution in [-0.4, -0.2) is 49.7 Å². The average Bonchev–Trinajstić information content (AvgIpc) is 2.59. The number of nitrogens with one attached hydrogen (secondary N) is 1. The quantitative estimate of drug-likeness (QED) is 0.786. The summed E-state index contributed by atoms with van der Waals surface area (Å²) in [6, 6.07) is 7.90. The number of amides is 1. The number of morpholine rings is 1. The normalized spacial score (nSPS) is 17.2. The lowest BCUT2D eigenvalue weighted by Crippen LogP contribution is -2.52. The summed E-state index contributed by atoms with van der Waals surface area (Å²) in [4.78, 5) is 14.9. The zero-order valence-electron chi connectivity index (χ0n) is 14.1. The summed E-state index contributed by atoms with van der Waals surface area (Å²) >= 11 is 3.42. The summed E-state index contributed by atoms with van der Waals surface area (Å²) in [7, 11) is 0. The van der Waals surface area contributed by atoms with Crippen LogP contribution in [0.4, 0.5) is 0 Å². The summed E-state index contributed by atoms with van der Waals surface area (Å²) in [6.45, 7) is 8.64. The largest absolute Gasteiger partial charge is 0.379 e. The second kappa shape index (κ2) is 9.40. The van der Waals surface area contributed by atoms with Gasteiger partial charge in [0, 0.05) is 35.7 Å². The third-order valence-electron chi connectivity index (χ3n) is 4.67. The molecule has 1 fully saturated rings. The Morgan fingerprint density at radius 3 is 2.61 bits per heavy atom. The van der Waals surface area contributed by atoms with E-state index in [2.05, 4.69) is 40.0 Å². The molecule has 128 valence electrons. The van der Waals surface area contributed by atoms with Crippen molar-refractivity contribution < 1.29 is 9.53 Å². The number of carbonyl (C=O) groups is 1. The SMILES string of the molecule is CCC(CC)C(CNC(=O)c1cccc(Br)c1)N1CCOCC1. The van der Waals surface area contributed by atoms with Crippen LogP contribution in [0.5, 0.6) is 0 Å². The number of benzene rings is 1. The first-order valence-electron chi connectivity index (χ1n) is 8.51. The van der Waals surface area contributed by atoms with E-state index in [0.717, 1.165) is 43.6 Å². The van der Waals surface area contributed by atoms with Crippen LogP contribution in [0.15, 0.2) is 28.7 Å². The Hall–Kier alpha value is -0.910. The highest BCUT2D eigenvalue weighted by molar-refractivity contribution is 9.10. The fraction of sp³-hybridized carbons (Fsp3) is 0.611. The zero-order chi connectivity index (χ0) is 16.7. The molecule has 5 heteroatoms. The van der Waals surface area contributed by atoms with Gasteiger partial charge in [0.1, 0.15) is 0 Å². The van der Waals surface area contributed by atoms with Crippen LogP contribution in [0, 0.1) is 5.92 Å². The van der Waals surface area contributed by atoms with E-state index in [1.807, 2.05) is 24.3 Å². The monoisotopic (exact) mass is 382 g/mol. The van der Waals surface area contributed by atoms with Gasteiger partial charge in [-0.15, -0.1) is 0 Å². The maximum absolute atomic E-state index is 12.4. The molecule has 0 saturated carbocycles. The molecule has 0 radical (unpaired) electrons. The first kappa shape index (κ1) is 18.4. The predicted molar refractivity (Wildman–Crippen MR) is 96.7 cm³/mol. The lowest BCUT2D eigenvalue weighted by Gasteiger charge is -2.38. The summed E-state index contributed by atoms with van der Waals surface area (Å²) in [6.07, 6.45) is 2.26. The van der Waals surface area contributed by atoms with Crippen LogP contribution in [0.3, 0.4) is 0 Å². The molecular formula is C18H27BrN2O2. The number of hydrogen-bond donors (Lipinski definition) is 1. The molecule has 0 aliphatic carbocycles. The summed E-state index contributed by atoms with van der Waals surface area (Å²) in [5, 5.41) is 3.13. The molecule has 0 bridgehead atoms. The van der Waals surface area contributed by atoms with Gasteiger partial charge in [0.25, 0.3) is 5.91 Å². The Kier molecular flexibility index (Phi) is 7.53. The van der Waals surface area contributed by atoms with Crippen molar-refractivity contribution in [1.29, 1.82) is 0 Å². The predicted octanol–water partition coefficient (Wildman–Crippen LogP) is 3.32. The molecule has 1 unspecified atom stereocenters. The minimum absolute atomic E-state index is 0.00415. The van der Waals surface area contributed by atoms with Crippen molar-refractivity contribution >= 4 is 21.8 Å². The van der Waals surface area contributed by atoms with Crippen LogP contribution >= 0.6 is 15.9 Å². The molecule has 0 aromatic heterocycles. The molecule has 1 atom stereocenters. The van der Waals surface area contributed by atoms with Gasteiger partial charge in [-0.25, -0.2) is 0 Å². The van der Waals surface area contributed by atoms with Gasteiger partial charge in [-0.3, -0.25) is 9.69 Å². The second-order valence-electron chi connectivity index (χ2n) is 6.01.